The molecule has 0 saturated heterocycles. The van der Waals surface area contributed by atoms with Crippen molar-refractivity contribution in [2.45, 2.75) is 56.5 Å². The summed E-state index contributed by atoms with van der Waals surface area (Å²) < 4.78 is 0. The Morgan fingerprint density at radius 2 is 2.29 bits per heavy atom. The van der Waals surface area contributed by atoms with Gasteiger partial charge in [0.2, 0.25) is 11.1 Å². The van der Waals surface area contributed by atoms with Gasteiger partial charge in [0.25, 0.3) is 0 Å². The Labute approximate surface area is 151 Å². The van der Waals surface area contributed by atoms with E-state index in [1.165, 1.54) is 24.6 Å². The van der Waals surface area contributed by atoms with Gasteiger partial charge in [-0.3, -0.25) is 9.89 Å². The summed E-state index contributed by atoms with van der Waals surface area (Å²) in [6.45, 7) is 6.44. The Morgan fingerprint density at radius 3 is 3.04 bits per heavy atom. The Hall–Kier alpha value is -1.34. The summed E-state index contributed by atoms with van der Waals surface area (Å²) in [5.41, 5.74) is 0. The number of hydrogen-bond acceptors (Lipinski definition) is 5. The van der Waals surface area contributed by atoms with E-state index in [2.05, 4.69) is 34.3 Å². The topological polar surface area (TPSA) is 70.7 Å². The number of nitrogens with zero attached hydrogens (tertiary/aromatic N) is 2. The minimum absolute atomic E-state index is 0.0772. The molecule has 4 atom stereocenters. The second kappa shape index (κ2) is 7.70. The molecule has 130 valence electrons. The zero-order valence-electron chi connectivity index (χ0n) is 14.3. The quantitative estimate of drug-likeness (QED) is 0.788. The molecule has 0 unspecified atom stereocenters. The fourth-order valence-corrected chi connectivity index (χ4v) is 4.52. The zero-order valence-corrected chi connectivity index (χ0v) is 15.9. The molecule has 0 aliphatic heterocycles. The molecule has 1 amide bonds. The highest BCUT2D eigenvalue weighted by Gasteiger charge is 2.29. The van der Waals surface area contributed by atoms with E-state index >= 15 is 0 Å². The first-order chi connectivity index (χ1) is 11.5. The zero-order chi connectivity index (χ0) is 17.1. The van der Waals surface area contributed by atoms with Crippen LogP contribution in [0.15, 0.2) is 22.7 Å². The van der Waals surface area contributed by atoms with Gasteiger partial charge in [0, 0.05) is 6.04 Å². The summed E-state index contributed by atoms with van der Waals surface area (Å²) in [5.74, 6) is 2.05. The summed E-state index contributed by atoms with van der Waals surface area (Å²) in [5, 5.41) is 12.8. The Morgan fingerprint density at radius 1 is 1.46 bits per heavy atom. The van der Waals surface area contributed by atoms with Crippen LogP contribution in [-0.2, 0) is 4.79 Å². The van der Waals surface area contributed by atoms with Gasteiger partial charge in [0.05, 0.1) is 10.1 Å². The van der Waals surface area contributed by atoms with E-state index in [4.69, 9.17) is 0 Å². The van der Waals surface area contributed by atoms with Gasteiger partial charge in [-0.05, 0) is 36.6 Å². The molecule has 2 N–H and O–H groups in total. The lowest BCUT2D eigenvalue weighted by Crippen LogP contribution is -2.46. The third-order valence-electron chi connectivity index (χ3n) is 4.91. The largest absolute Gasteiger partial charge is 0.352 e. The van der Waals surface area contributed by atoms with Crippen LogP contribution in [0.3, 0.4) is 0 Å². The average Bonchev–Trinajstić information content (AvgIpc) is 3.22. The van der Waals surface area contributed by atoms with Crippen molar-refractivity contribution >= 4 is 29.0 Å². The molecule has 24 heavy (non-hydrogen) atoms. The molecule has 1 aliphatic carbocycles. The molecular weight excluding hydrogens is 340 g/mol. The van der Waals surface area contributed by atoms with Crippen molar-refractivity contribution in [2.24, 2.45) is 11.8 Å². The highest BCUT2D eigenvalue weighted by atomic mass is 32.2. The predicted molar refractivity (Wildman–Crippen MR) is 99.1 cm³/mol. The van der Waals surface area contributed by atoms with Crippen molar-refractivity contribution in [1.29, 1.82) is 0 Å². The normalized spacial score (nSPS) is 25.4. The monoisotopic (exact) mass is 364 g/mol. The summed E-state index contributed by atoms with van der Waals surface area (Å²) >= 11 is 3.02. The van der Waals surface area contributed by atoms with E-state index in [0.29, 0.717) is 17.0 Å². The Bertz CT molecular complexity index is 670. The third kappa shape index (κ3) is 4.00. The SMILES string of the molecule is C[C@H]1[C@@H](NC(=O)[C@@H](C)Sc2n[nH]c(-c3cccs3)n2)CCC[C@@H]1C. The van der Waals surface area contributed by atoms with Crippen molar-refractivity contribution < 1.29 is 4.79 Å². The molecule has 5 nitrogen and oxygen atoms in total. The number of rotatable bonds is 5. The molecule has 3 rings (SSSR count). The van der Waals surface area contributed by atoms with Gasteiger partial charge in [-0.15, -0.1) is 16.4 Å². The molecule has 0 bridgehead atoms. The second-order valence-electron chi connectivity index (χ2n) is 6.59. The molecule has 0 radical (unpaired) electrons. The summed E-state index contributed by atoms with van der Waals surface area (Å²) in [4.78, 5) is 18.0. The Kier molecular flexibility index (Phi) is 5.61. The lowest BCUT2D eigenvalue weighted by atomic mass is 9.78. The van der Waals surface area contributed by atoms with E-state index in [1.54, 1.807) is 11.3 Å². The molecule has 1 saturated carbocycles. The summed E-state index contributed by atoms with van der Waals surface area (Å²) in [7, 11) is 0. The smallest absolute Gasteiger partial charge is 0.233 e. The summed E-state index contributed by atoms with van der Waals surface area (Å²) in [6.07, 6.45) is 3.54. The van der Waals surface area contributed by atoms with E-state index in [9.17, 15) is 4.79 Å². The van der Waals surface area contributed by atoms with Gasteiger partial charge in [-0.2, -0.15) is 0 Å². The van der Waals surface area contributed by atoms with Crippen molar-refractivity contribution in [3.63, 3.8) is 0 Å². The van der Waals surface area contributed by atoms with Crippen LogP contribution in [0, 0.1) is 11.8 Å². The first kappa shape index (κ1) is 17.5. The van der Waals surface area contributed by atoms with Crippen LogP contribution < -0.4 is 5.32 Å². The molecule has 1 aliphatic rings. The van der Waals surface area contributed by atoms with Crippen molar-refractivity contribution in [2.75, 3.05) is 0 Å². The first-order valence-corrected chi connectivity index (χ1v) is 10.2. The van der Waals surface area contributed by atoms with Crippen molar-refractivity contribution in [1.82, 2.24) is 20.5 Å². The van der Waals surface area contributed by atoms with E-state index < -0.39 is 0 Å². The van der Waals surface area contributed by atoms with E-state index in [0.717, 1.165) is 17.1 Å². The minimum atomic E-state index is -0.207. The number of thiophene rings is 1. The number of carbonyl (C=O) groups is 1. The highest BCUT2D eigenvalue weighted by Crippen LogP contribution is 2.30. The maximum Gasteiger partial charge on any atom is 0.233 e. The van der Waals surface area contributed by atoms with Gasteiger partial charge >= 0.3 is 0 Å². The van der Waals surface area contributed by atoms with Crippen LogP contribution in [0.5, 0.6) is 0 Å². The van der Waals surface area contributed by atoms with Crippen LogP contribution in [0.25, 0.3) is 10.7 Å². The van der Waals surface area contributed by atoms with Gasteiger partial charge in [-0.1, -0.05) is 44.5 Å². The van der Waals surface area contributed by atoms with Crippen LogP contribution in [0.2, 0.25) is 0 Å². The van der Waals surface area contributed by atoms with E-state index in [1.807, 2.05) is 24.4 Å². The molecule has 0 spiro atoms. The van der Waals surface area contributed by atoms with Crippen LogP contribution in [0.4, 0.5) is 0 Å². The standard InChI is InChI=1S/C17H24N4OS2/c1-10-6-4-7-13(11(10)2)18-16(22)12(3)24-17-19-15(20-21-17)14-8-5-9-23-14/h5,8-13H,4,6-7H2,1-3H3,(H,18,22)(H,19,20,21)/t10-,11+,12+,13-/m0/s1. The number of nitrogens with one attached hydrogen (secondary N) is 2. The van der Waals surface area contributed by atoms with Crippen LogP contribution in [0.1, 0.15) is 40.0 Å². The maximum atomic E-state index is 12.5. The average molecular weight is 365 g/mol. The predicted octanol–water partition coefficient (Wildman–Crippen LogP) is 3.95. The lowest BCUT2D eigenvalue weighted by molar-refractivity contribution is -0.121. The lowest BCUT2D eigenvalue weighted by Gasteiger charge is -2.35. The molecule has 2 aromatic heterocycles. The van der Waals surface area contributed by atoms with Crippen molar-refractivity contribution in [3.05, 3.63) is 17.5 Å². The number of carbonyl (C=O) groups excluding carboxylic acids is 1. The number of aromatic nitrogens is 3. The number of H-pyrrole nitrogens is 1. The van der Waals surface area contributed by atoms with Gasteiger partial charge in [-0.25, -0.2) is 4.98 Å². The number of amides is 1. The third-order valence-corrected chi connectivity index (χ3v) is 6.74. The molecule has 1 fully saturated rings. The van der Waals surface area contributed by atoms with Crippen LogP contribution >= 0.6 is 23.1 Å². The Balaban J connectivity index is 1.56. The van der Waals surface area contributed by atoms with Gasteiger partial charge in [0.1, 0.15) is 0 Å². The summed E-state index contributed by atoms with van der Waals surface area (Å²) in [6, 6.07) is 4.28. The van der Waals surface area contributed by atoms with E-state index in [-0.39, 0.29) is 17.2 Å². The van der Waals surface area contributed by atoms with Crippen LogP contribution in [-0.4, -0.2) is 32.4 Å². The maximum absolute atomic E-state index is 12.5. The molecule has 7 heteroatoms. The molecule has 0 aromatic carbocycles. The molecular formula is C17H24N4OS2. The van der Waals surface area contributed by atoms with Gasteiger partial charge < -0.3 is 5.32 Å². The number of thioether (sulfide) groups is 1. The number of aromatic amines is 1. The second-order valence-corrected chi connectivity index (χ2v) is 8.84. The molecule has 2 heterocycles. The van der Waals surface area contributed by atoms with Gasteiger partial charge in [0.15, 0.2) is 5.82 Å². The highest BCUT2D eigenvalue weighted by molar-refractivity contribution is 8.00. The minimum Gasteiger partial charge on any atom is -0.352 e. The fourth-order valence-electron chi connectivity index (χ4n) is 3.12. The fraction of sp³-hybridized carbons (Fsp3) is 0.588. The molecule has 2 aromatic rings. The number of hydrogen-bond donors (Lipinski definition) is 2. The van der Waals surface area contributed by atoms with Crippen molar-refractivity contribution in [3.8, 4) is 10.7 Å². The first-order valence-electron chi connectivity index (χ1n) is 8.48.